The van der Waals surface area contributed by atoms with Crippen molar-refractivity contribution in [2.24, 2.45) is 0 Å². The van der Waals surface area contributed by atoms with E-state index in [1.165, 1.54) is 11.1 Å². The SMILES string of the molecule is S=C(S)N(Cc1ccccc1)Cc1ccccc1.[K]. The van der Waals surface area contributed by atoms with Crippen molar-refractivity contribution in [1.29, 1.82) is 0 Å². The molecule has 2 aromatic rings. The van der Waals surface area contributed by atoms with Crippen molar-refractivity contribution in [1.82, 2.24) is 4.90 Å². The summed E-state index contributed by atoms with van der Waals surface area (Å²) in [7, 11) is 0. The Morgan fingerprint density at radius 2 is 1.21 bits per heavy atom. The van der Waals surface area contributed by atoms with Crippen LogP contribution in [0.3, 0.4) is 0 Å². The van der Waals surface area contributed by atoms with Crippen LogP contribution in [0.15, 0.2) is 60.7 Å². The Labute approximate surface area is 168 Å². The maximum Gasteiger partial charge on any atom is 0.133 e. The summed E-state index contributed by atoms with van der Waals surface area (Å²) in [6.45, 7) is 1.58. The Hall–Kier alpha value is 0.316. The second-order valence-electron chi connectivity index (χ2n) is 4.11. The predicted octanol–water partition coefficient (Wildman–Crippen LogP) is 3.52. The van der Waals surface area contributed by atoms with E-state index >= 15 is 0 Å². The van der Waals surface area contributed by atoms with Crippen LogP contribution < -0.4 is 0 Å². The van der Waals surface area contributed by atoms with Crippen LogP contribution in [-0.4, -0.2) is 60.6 Å². The number of thiol groups is 1. The van der Waals surface area contributed by atoms with Crippen LogP contribution >= 0.6 is 24.8 Å². The van der Waals surface area contributed by atoms with Crippen molar-refractivity contribution >= 4 is 80.6 Å². The second kappa shape index (κ2) is 9.29. The number of nitrogens with zero attached hydrogens (tertiary/aromatic N) is 1. The third kappa shape index (κ3) is 6.08. The first kappa shape index (κ1) is 17.4. The van der Waals surface area contributed by atoms with Crippen LogP contribution in [-0.2, 0) is 13.1 Å². The Balaban J connectivity index is 0.00000180. The first-order chi connectivity index (χ1) is 8.75. The van der Waals surface area contributed by atoms with Gasteiger partial charge in [-0.05, 0) is 11.1 Å². The predicted molar refractivity (Wildman–Crippen MR) is 89.5 cm³/mol. The van der Waals surface area contributed by atoms with Gasteiger partial charge in [0.25, 0.3) is 0 Å². The third-order valence-corrected chi connectivity index (χ3v) is 3.24. The molecule has 0 saturated carbocycles. The molecule has 0 bridgehead atoms. The first-order valence-electron chi connectivity index (χ1n) is 5.81. The maximum absolute atomic E-state index is 5.21. The smallest absolute Gasteiger partial charge is 0.133 e. The fourth-order valence-electron chi connectivity index (χ4n) is 1.80. The Kier molecular flexibility index (Phi) is 8.49. The molecule has 19 heavy (non-hydrogen) atoms. The molecule has 4 heteroatoms. The topological polar surface area (TPSA) is 3.24 Å². The van der Waals surface area contributed by atoms with Crippen LogP contribution in [0.25, 0.3) is 0 Å². The molecule has 0 fully saturated rings. The fraction of sp³-hybridized carbons (Fsp3) is 0.133. The number of rotatable bonds is 4. The molecule has 2 rings (SSSR count). The minimum atomic E-state index is 0. The third-order valence-electron chi connectivity index (χ3n) is 2.70. The van der Waals surface area contributed by atoms with Crippen LogP contribution in [0.2, 0.25) is 0 Å². The van der Waals surface area contributed by atoms with Crippen LogP contribution in [0.5, 0.6) is 0 Å². The molecule has 0 N–H and O–H groups in total. The van der Waals surface area contributed by atoms with E-state index in [0.29, 0.717) is 4.32 Å². The summed E-state index contributed by atoms with van der Waals surface area (Å²) in [5, 5.41) is 0. The van der Waals surface area contributed by atoms with Crippen LogP contribution in [0.4, 0.5) is 0 Å². The van der Waals surface area contributed by atoms with Crippen molar-refractivity contribution in [3.63, 3.8) is 0 Å². The van der Waals surface area contributed by atoms with Gasteiger partial charge < -0.3 is 4.90 Å². The summed E-state index contributed by atoms with van der Waals surface area (Å²) >= 11 is 9.52. The summed E-state index contributed by atoms with van der Waals surface area (Å²) in [5.41, 5.74) is 2.48. The number of hydrogen-bond acceptors (Lipinski definition) is 1. The Bertz CT molecular complexity index is 461. The molecule has 93 valence electrons. The van der Waals surface area contributed by atoms with Gasteiger partial charge in [-0.3, -0.25) is 0 Å². The largest absolute Gasteiger partial charge is 0.349 e. The molecule has 0 amide bonds. The average Bonchev–Trinajstić information content (AvgIpc) is 2.40. The van der Waals surface area contributed by atoms with Crippen LogP contribution in [0.1, 0.15) is 11.1 Å². The van der Waals surface area contributed by atoms with E-state index in [1.54, 1.807) is 0 Å². The van der Waals surface area contributed by atoms with E-state index in [-0.39, 0.29) is 51.4 Å². The number of hydrogen-bond donors (Lipinski definition) is 1. The number of thiocarbonyl (C=S) groups is 1. The average molecular weight is 313 g/mol. The molecule has 0 heterocycles. The summed E-state index contributed by atoms with van der Waals surface area (Å²) in [4.78, 5) is 2.09. The van der Waals surface area contributed by atoms with Crippen molar-refractivity contribution in [3.8, 4) is 0 Å². The van der Waals surface area contributed by atoms with Crippen LogP contribution in [0, 0.1) is 0 Å². The fourth-order valence-corrected chi connectivity index (χ4v) is 2.07. The van der Waals surface area contributed by atoms with E-state index in [4.69, 9.17) is 12.2 Å². The van der Waals surface area contributed by atoms with E-state index in [2.05, 4.69) is 41.8 Å². The number of benzene rings is 2. The van der Waals surface area contributed by atoms with Gasteiger partial charge in [0.1, 0.15) is 4.32 Å². The second-order valence-corrected chi connectivity index (χ2v) is 5.22. The minimum absolute atomic E-state index is 0. The molecule has 1 radical (unpaired) electrons. The molecule has 0 aliphatic carbocycles. The molecule has 0 unspecified atom stereocenters. The molecule has 0 aromatic heterocycles. The molecule has 0 atom stereocenters. The van der Waals surface area contributed by atoms with Gasteiger partial charge >= 0.3 is 0 Å². The standard InChI is InChI=1S/C15H15NS2.K/c17-15(18)16(11-13-7-3-1-4-8-13)12-14-9-5-2-6-10-14;/h1-10H,11-12H2,(H,17,18);. The zero-order chi connectivity index (χ0) is 12.8. The normalized spacial score (nSPS) is 9.53. The molecule has 0 saturated heterocycles. The Morgan fingerprint density at radius 3 is 1.53 bits per heavy atom. The van der Waals surface area contributed by atoms with Gasteiger partial charge in [-0.15, -0.1) is 12.6 Å². The van der Waals surface area contributed by atoms with E-state index < -0.39 is 0 Å². The van der Waals surface area contributed by atoms with Gasteiger partial charge in [-0.25, -0.2) is 0 Å². The zero-order valence-electron chi connectivity index (χ0n) is 11.0. The molecule has 0 spiro atoms. The summed E-state index contributed by atoms with van der Waals surface area (Å²) in [6.07, 6.45) is 0. The van der Waals surface area contributed by atoms with Gasteiger partial charge in [-0.1, -0.05) is 72.9 Å². The van der Waals surface area contributed by atoms with Crippen molar-refractivity contribution in [3.05, 3.63) is 71.8 Å². The molecule has 1 nitrogen and oxygen atoms in total. The Morgan fingerprint density at radius 1 is 0.842 bits per heavy atom. The zero-order valence-corrected chi connectivity index (χ0v) is 15.8. The molecule has 2 aromatic carbocycles. The van der Waals surface area contributed by atoms with Gasteiger partial charge in [0, 0.05) is 64.5 Å². The van der Waals surface area contributed by atoms with Gasteiger partial charge in [0.15, 0.2) is 0 Å². The molecule has 0 aliphatic rings. The van der Waals surface area contributed by atoms with Gasteiger partial charge in [-0.2, -0.15) is 0 Å². The molecular weight excluding hydrogens is 297 g/mol. The quantitative estimate of drug-likeness (QED) is 0.523. The monoisotopic (exact) mass is 312 g/mol. The van der Waals surface area contributed by atoms with Crippen molar-refractivity contribution in [2.75, 3.05) is 0 Å². The minimum Gasteiger partial charge on any atom is -0.349 e. The van der Waals surface area contributed by atoms with Crippen molar-refractivity contribution in [2.45, 2.75) is 13.1 Å². The summed E-state index contributed by atoms with van der Waals surface area (Å²) in [6, 6.07) is 20.6. The van der Waals surface area contributed by atoms with Crippen molar-refractivity contribution < 1.29 is 0 Å². The summed E-state index contributed by atoms with van der Waals surface area (Å²) in [5.74, 6) is 0. The van der Waals surface area contributed by atoms with E-state index in [0.717, 1.165) is 13.1 Å². The maximum atomic E-state index is 5.21. The first-order valence-corrected chi connectivity index (χ1v) is 6.67. The molecule has 0 aliphatic heterocycles. The summed E-state index contributed by atoms with van der Waals surface area (Å²) < 4.78 is 0.628. The van der Waals surface area contributed by atoms with Gasteiger partial charge in [0.05, 0.1) is 0 Å². The van der Waals surface area contributed by atoms with E-state index in [9.17, 15) is 0 Å². The van der Waals surface area contributed by atoms with E-state index in [1.807, 2.05) is 36.4 Å². The van der Waals surface area contributed by atoms with Gasteiger partial charge in [0.2, 0.25) is 0 Å². The molecular formula is C15H15KNS2.